The Bertz CT molecular complexity index is 708. The first-order valence-corrected chi connectivity index (χ1v) is 9.18. The van der Waals surface area contributed by atoms with Crippen molar-refractivity contribution in [2.24, 2.45) is 0 Å². The second kappa shape index (κ2) is 7.89. The Morgan fingerprint density at radius 2 is 2.04 bits per heavy atom. The molecule has 0 spiro atoms. The third-order valence-corrected chi connectivity index (χ3v) is 5.85. The Morgan fingerprint density at radius 3 is 2.68 bits per heavy atom. The normalized spacial score (nSPS) is 16.2. The molecular weight excluding hydrogens is 338 g/mol. The maximum Gasteiger partial charge on any atom is 0.255 e. The van der Waals surface area contributed by atoms with E-state index in [9.17, 15) is 4.79 Å². The summed E-state index contributed by atoms with van der Waals surface area (Å²) in [6.45, 7) is 2.03. The molecule has 0 radical (unpaired) electrons. The molecule has 5 nitrogen and oxygen atoms in total. The lowest BCUT2D eigenvalue weighted by atomic mass is 9.78. The first-order chi connectivity index (χ1) is 12.2. The van der Waals surface area contributed by atoms with E-state index in [0.717, 1.165) is 26.1 Å². The molecule has 0 saturated carbocycles. The number of ether oxygens (including phenoxy) is 3. The van der Waals surface area contributed by atoms with E-state index in [2.05, 4.69) is 22.8 Å². The van der Waals surface area contributed by atoms with Crippen LogP contribution in [0.25, 0.3) is 0 Å². The van der Waals surface area contributed by atoms with Crippen molar-refractivity contribution in [3.8, 4) is 11.5 Å². The van der Waals surface area contributed by atoms with Crippen molar-refractivity contribution in [1.29, 1.82) is 0 Å². The third-order valence-electron chi connectivity index (χ3n) is 4.73. The quantitative estimate of drug-likeness (QED) is 0.858. The standard InChI is InChI=1S/C19H23NO4S/c1-22-14-5-6-15(16(12-14)23-2)18(21)20-13-19(7-9-24-10-8-19)17-4-3-11-25-17/h3-6,11-12H,7-10,13H2,1-2H3,(H,20,21). The van der Waals surface area contributed by atoms with E-state index >= 15 is 0 Å². The molecule has 3 rings (SSSR count). The molecule has 1 N–H and O–H groups in total. The van der Waals surface area contributed by atoms with Gasteiger partial charge in [-0.1, -0.05) is 6.07 Å². The molecule has 6 heteroatoms. The highest BCUT2D eigenvalue weighted by atomic mass is 32.1. The summed E-state index contributed by atoms with van der Waals surface area (Å²) in [6, 6.07) is 9.43. The van der Waals surface area contributed by atoms with E-state index in [4.69, 9.17) is 14.2 Å². The fraction of sp³-hybridized carbons (Fsp3) is 0.421. The van der Waals surface area contributed by atoms with E-state index in [-0.39, 0.29) is 11.3 Å². The fourth-order valence-electron chi connectivity index (χ4n) is 3.18. The highest BCUT2D eigenvalue weighted by Crippen LogP contribution is 2.37. The van der Waals surface area contributed by atoms with Gasteiger partial charge in [0.2, 0.25) is 0 Å². The molecular formula is C19H23NO4S. The van der Waals surface area contributed by atoms with Gasteiger partial charge in [0.15, 0.2) is 0 Å². The summed E-state index contributed by atoms with van der Waals surface area (Å²) in [5, 5.41) is 5.19. The monoisotopic (exact) mass is 361 g/mol. The zero-order valence-electron chi connectivity index (χ0n) is 14.5. The van der Waals surface area contributed by atoms with Crippen LogP contribution in [-0.2, 0) is 10.2 Å². The molecule has 1 aromatic heterocycles. The number of hydrogen-bond acceptors (Lipinski definition) is 5. The molecule has 25 heavy (non-hydrogen) atoms. The van der Waals surface area contributed by atoms with E-state index in [0.29, 0.717) is 23.6 Å². The number of nitrogens with one attached hydrogen (secondary N) is 1. The Hall–Kier alpha value is -2.05. The van der Waals surface area contributed by atoms with Crippen LogP contribution >= 0.6 is 11.3 Å². The van der Waals surface area contributed by atoms with Gasteiger partial charge in [0, 0.05) is 36.1 Å². The van der Waals surface area contributed by atoms with Gasteiger partial charge in [0.25, 0.3) is 5.91 Å². The van der Waals surface area contributed by atoms with Crippen molar-refractivity contribution >= 4 is 17.2 Å². The average molecular weight is 361 g/mol. The van der Waals surface area contributed by atoms with Crippen LogP contribution in [0.1, 0.15) is 28.1 Å². The van der Waals surface area contributed by atoms with Gasteiger partial charge in [-0.2, -0.15) is 0 Å². The SMILES string of the molecule is COc1ccc(C(=O)NCC2(c3cccs3)CCOCC2)c(OC)c1. The van der Waals surface area contributed by atoms with Crippen LogP contribution < -0.4 is 14.8 Å². The average Bonchev–Trinajstić information content (AvgIpc) is 3.22. The van der Waals surface area contributed by atoms with E-state index in [1.165, 1.54) is 4.88 Å². The molecule has 0 unspecified atom stereocenters. The van der Waals surface area contributed by atoms with E-state index < -0.39 is 0 Å². The highest BCUT2D eigenvalue weighted by Gasteiger charge is 2.36. The number of methoxy groups -OCH3 is 2. The second-order valence-electron chi connectivity index (χ2n) is 6.12. The summed E-state index contributed by atoms with van der Waals surface area (Å²) in [6.07, 6.45) is 1.82. The maximum atomic E-state index is 12.7. The molecule has 2 aromatic rings. The molecule has 1 amide bonds. The lowest BCUT2D eigenvalue weighted by molar-refractivity contribution is 0.0498. The number of rotatable bonds is 6. The van der Waals surface area contributed by atoms with Crippen LogP contribution in [0.4, 0.5) is 0 Å². The first kappa shape index (κ1) is 17.8. The second-order valence-corrected chi connectivity index (χ2v) is 7.07. The molecule has 1 aliphatic rings. The van der Waals surface area contributed by atoms with Crippen molar-refractivity contribution < 1.29 is 19.0 Å². The molecule has 0 bridgehead atoms. The Kier molecular flexibility index (Phi) is 5.60. The first-order valence-electron chi connectivity index (χ1n) is 8.30. The van der Waals surface area contributed by atoms with Crippen molar-refractivity contribution in [2.45, 2.75) is 18.3 Å². The minimum Gasteiger partial charge on any atom is -0.497 e. The van der Waals surface area contributed by atoms with E-state index in [1.807, 2.05) is 0 Å². The van der Waals surface area contributed by atoms with Gasteiger partial charge < -0.3 is 19.5 Å². The molecule has 0 atom stereocenters. The summed E-state index contributed by atoms with van der Waals surface area (Å²) in [5.74, 6) is 1.03. The van der Waals surface area contributed by atoms with Crippen LogP contribution in [0.5, 0.6) is 11.5 Å². The topological polar surface area (TPSA) is 56.8 Å². The van der Waals surface area contributed by atoms with Crippen LogP contribution in [0, 0.1) is 0 Å². The number of benzene rings is 1. The van der Waals surface area contributed by atoms with Gasteiger partial charge in [0.1, 0.15) is 11.5 Å². The Balaban J connectivity index is 1.76. The van der Waals surface area contributed by atoms with Crippen LogP contribution in [-0.4, -0.2) is 39.9 Å². The predicted molar refractivity (Wildman–Crippen MR) is 97.9 cm³/mol. The summed E-state index contributed by atoms with van der Waals surface area (Å²) in [7, 11) is 3.14. The smallest absolute Gasteiger partial charge is 0.255 e. The molecule has 1 fully saturated rings. The van der Waals surface area contributed by atoms with Crippen LogP contribution in [0.15, 0.2) is 35.7 Å². The van der Waals surface area contributed by atoms with Gasteiger partial charge in [-0.25, -0.2) is 0 Å². The highest BCUT2D eigenvalue weighted by molar-refractivity contribution is 7.10. The largest absolute Gasteiger partial charge is 0.497 e. The van der Waals surface area contributed by atoms with Crippen molar-refractivity contribution in [3.05, 3.63) is 46.2 Å². The summed E-state index contributed by atoms with van der Waals surface area (Å²) in [4.78, 5) is 14.0. The van der Waals surface area contributed by atoms with Crippen molar-refractivity contribution in [2.75, 3.05) is 34.0 Å². The minimum absolute atomic E-state index is 0.0538. The third kappa shape index (κ3) is 3.80. The molecule has 1 aromatic carbocycles. The summed E-state index contributed by atoms with van der Waals surface area (Å²) >= 11 is 1.74. The van der Waals surface area contributed by atoms with Crippen LogP contribution in [0.3, 0.4) is 0 Å². The van der Waals surface area contributed by atoms with Gasteiger partial charge >= 0.3 is 0 Å². The lowest BCUT2D eigenvalue weighted by Gasteiger charge is -2.36. The van der Waals surface area contributed by atoms with E-state index in [1.54, 1.807) is 43.8 Å². The Labute approximate surface area is 151 Å². The molecule has 2 heterocycles. The van der Waals surface area contributed by atoms with Crippen LogP contribution in [0.2, 0.25) is 0 Å². The van der Waals surface area contributed by atoms with Gasteiger partial charge in [-0.3, -0.25) is 4.79 Å². The minimum atomic E-state index is -0.137. The van der Waals surface area contributed by atoms with Gasteiger partial charge in [0.05, 0.1) is 19.8 Å². The maximum absolute atomic E-state index is 12.7. The zero-order valence-corrected chi connectivity index (χ0v) is 15.4. The van der Waals surface area contributed by atoms with Crippen molar-refractivity contribution in [3.63, 3.8) is 0 Å². The summed E-state index contributed by atoms with van der Waals surface area (Å²) < 4.78 is 16.1. The zero-order chi connectivity index (χ0) is 17.7. The van der Waals surface area contributed by atoms with Crippen molar-refractivity contribution in [1.82, 2.24) is 5.32 Å². The molecule has 0 aliphatic carbocycles. The summed E-state index contributed by atoms with van der Waals surface area (Å²) in [5.41, 5.74) is 0.457. The molecule has 1 saturated heterocycles. The number of carbonyl (C=O) groups is 1. The number of amides is 1. The van der Waals surface area contributed by atoms with Gasteiger partial charge in [-0.15, -0.1) is 11.3 Å². The number of hydrogen-bond donors (Lipinski definition) is 1. The fourth-order valence-corrected chi connectivity index (χ4v) is 4.17. The number of thiophene rings is 1. The number of carbonyl (C=O) groups excluding carboxylic acids is 1. The Morgan fingerprint density at radius 1 is 1.24 bits per heavy atom. The predicted octanol–water partition coefficient (Wildman–Crippen LogP) is 3.24. The lowest BCUT2D eigenvalue weighted by Crippen LogP contribution is -2.44. The molecule has 134 valence electrons. The van der Waals surface area contributed by atoms with Gasteiger partial charge in [-0.05, 0) is 36.4 Å². The molecule has 1 aliphatic heterocycles.